The monoisotopic (exact) mass is 217 g/mol. The van der Waals surface area contributed by atoms with Crippen molar-refractivity contribution < 1.29 is 46.9 Å². The van der Waals surface area contributed by atoms with Crippen LogP contribution < -0.4 is 0 Å². The van der Waals surface area contributed by atoms with E-state index in [9.17, 15) is 0.910 Å². The molecule has 0 saturated heterocycles. The third-order valence-electron chi connectivity index (χ3n) is 0. The number of hydrogen-bond acceptors (Lipinski definition) is 1. The molecule has 0 radical (unpaired) electrons. The molecule has 0 spiro atoms. The van der Waals surface area contributed by atoms with Gasteiger partial charge in [0.1, 0.15) is 0 Å². The van der Waals surface area contributed by atoms with E-state index in [0.717, 1.165) is 0 Å². The van der Waals surface area contributed by atoms with Crippen molar-refractivity contribution in [3.63, 3.8) is 0 Å². The third kappa shape index (κ3) is 8.82. The average Bonchev–Trinajstić information content (AvgIpc) is 1.00. The van der Waals surface area contributed by atoms with Gasteiger partial charge in [-0.25, -0.2) is 0 Å². The molecule has 0 aromatic carbocycles. The zero-order valence-electron chi connectivity index (χ0n) is 2.33. The molecule has 0 fully saturated rings. The van der Waals surface area contributed by atoms with Crippen molar-refractivity contribution in [3.05, 3.63) is 0 Å². The Hall–Kier alpha value is 2.53. The van der Waals surface area contributed by atoms with E-state index in [0.29, 0.717) is 0 Å². The minimum Gasteiger partial charge on any atom is -0.870 e. The normalized spacial score (nSPS) is 1.00. The van der Waals surface area contributed by atoms with Crippen LogP contribution >= 0.6 is 0 Å². The standard InChI is InChI=1S/Ca.Ce.FH.H2O.H/h;;1H;1H2;/q2*+1;;;/p-2. The van der Waals surface area contributed by atoms with Gasteiger partial charge in [-0.15, -0.1) is 0 Å². The van der Waals surface area contributed by atoms with Crippen LogP contribution in [0.5, 0.6) is 0 Å². The SMILES string of the molecule is [CaH+].[F][Ce].[OH-]. The fourth-order valence-electron chi connectivity index (χ4n) is 0. The van der Waals surface area contributed by atoms with Crippen molar-refractivity contribution in [2.24, 2.45) is 0 Å². The van der Waals surface area contributed by atoms with Gasteiger partial charge in [0.2, 0.25) is 0 Å². The second kappa shape index (κ2) is 17.7. The largest absolute Gasteiger partial charge is 0.870 e. The quantitative estimate of drug-likeness (QED) is 0.507. The Bertz CT molecular complexity index is 8.00. The van der Waals surface area contributed by atoms with Gasteiger partial charge in [-0.3, -0.25) is 0 Å². The molecule has 0 heterocycles. The van der Waals surface area contributed by atoms with E-state index in [1.165, 1.54) is 0 Å². The van der Waals surface area contributed by atoms with E-state index in [4.69, 9.17) is 0 Å². The molecule has 0 aliphatic carbocycles. The molecule has 0 aliphatic rings. The molecule has 4 heavy (non-hydrogen) atoms. The van der Waals surface area contributed by atoms with Gasteiger partial charge in [0.15, 0.2) is 0 Å². The van der Waals surface area contributed by atoms with E-state index in [1.54, 1.807) is 0 Å². The van der Waals surface area contributed by atoms with Crippen LogP contribution in [-0.4, -0.2) is 43.2 Å². The van der Waals surface area contributed by atoms with Crippen molar-refractivity contribution in [1.82, 2.24) is 0 Å². The number of halogens is 1. The van der Waals surface area contributed by atoms with Crippen LogP contribution in [0.15, 0.2) is 0 Å². The third-order valence-corrected chi connectivity index (χ3v) is 0. The fourth-order valence-corrected chi connectivity index (χ4v) is 0. The predicted molar refractivity (Wildman–Crippen MR) is 10.2 cm³/mol. The Kier molecular flexibility index (Phi) is 71.1. The van der Waals surface area contributed by atoms with Crippen molar-refractivity contribution in [2.45, 2.75) is 0 Å². The summed E-state index contributed by atoms with van der Waals surface area (Å²) in [5.41, 5.74) is 0. The van der Waals surface area contributed by atoms with E-state index in [1.807, 2.05) is 0 Å². The Morgan fingerprint density at radius 3 is 1.25 bits per heavy atom. The van der Waals surface area contributed by atoms with Crippen LogP contribution in [0.1, 0.15) is 0 Å². The number of rotatable bonds is 0. The van der Waals surface area contributed by atoms with E-state index in [2.05, 4.69) is 0 Å². The van der Waals surface area contributed by atoms with E-state index >= 15 is 0 Å². The number of hydrogen-bond donors (Lipinski definition) is 0. The molecule has 0 amide bonds. The van der Waals surface area contributed by atoms with Gasteiger partial charge in [-0.1, -0.05) is 0 Å². The molecule has 0 saturated carbocycles. The molecule has 0 atom stereocenters. The summed E-state index contributed by atoms with van der Waals surface area (Å²) in [5, 5.41) is 0. The zero-order valence-corrected chi connectivity index (χ0v) is 8.59. The first-order valence-electron chi connectivity index (χ1n) is 0.189. The van der Waals surface area contributed by atoms with E-state index in [-0.39, 0.29) is 83.7 Å². The molecule has 0 rings (SSSR count). The Morgan fingerprint density at radius 2 is 1.25 bits per heavy atom. The second-order valence-electron chi connectivity index (χ2n) is 0. The van der Waals surface area contributed by atoms with Gasteiger partial charge in [0.05, 0.1) is 0 Å². The summed E-state index contributed by atoms with van der Waals surface area (Å²) >= 11 is -0.194. The van der Waals surface area contributed by atoms with E-state index < -0.39 is 0 Å². The zero-order chi connectivity index (χ0) is 2.00. The fraction of sp³-hybridized carbons (Fsp3) is 0. The Labute approximate surface area is 82.5 Å². The minimum atomic E-state index is -0.194. The van der Waals surface area contributed by atoms with Crippen molar-refractivity contribution in [3.8, 4) is 0 Å². The molecule has 0 unspecified atom stereocenters. The van der Waals surface area contributed by atoms with Crippen LogP contribution in [0.25, 0.3) is 0 Å². The Morgan fingerprint density at radius 1 is 1.25 bits per heavy atom. The smallest absolute Gasteiger partial charge is 0.870 e. The summed E-state index contributed by atoms with van der Waals surface area (Å²) < 4.78 is 9.64. The summed E-state index contributed by atoms with van der Waals surface area (Å²) in [6.07, 6.45) is 0. The molecule has 0 aromatic rings. The van der Waals surface area contributed by atoms with Crippen molar-refractivity contribution in [1.29, 1.82) is 0 Å². The molecule has 0 bridgehead atoms. The first-order chi connectivity index (χ1) is 1.00. The van der Waals surface area contributed by atoms with Crippen LogP contribution in [0.3, 0.4) is 0 Å². The summed E-state index contributed by atoms with van der Waals surface area (Å²) in [7, 11) is 0. The first kappa shape index (κ1) is 16.0. The first-order valence-corrected chi connectivity index (χ1v) is 1.38. The van der Waals surface area contributed by atoms with Crippen LogP contribution in [0.2, 0.25) is 0 Å². The molecule has 1 nitrogen and oxygen atoms in total. The average molecular weight is 217 g/mol. The maximum absolute atomic E-state index is 9.64. The second-order valence-corrected chi connectivity index (χ2v) is 0. The topological polar surface area (TPSA) is 30.0 Å². The molecule has 1 N–H and O–H groups in total. The van der Waals surface area contributed by atoms with Crippen LogP contribution in [0, 0.1) is 40.5 Å². The maximum Gasteiger partial charge on any atom is -0.870 e. The van der Waals surface area contributed by atoms with Gasteiger partial charge in [0.25, 0.3) is 0 Å². The Balaban J connectivity index is -0.00000000500. The van der Waals surface area contributed by atoms with Crippen LogP contribution in [0.4, 0.5) is 0.910 Å². The molecule has 4 heteroatoms. The molecule has 21 valence electrons. The van der Waals surface area contributed by atoms with Gasteiger partial charge >= 0.3 is 79.1 Å². The summed E-state index contributed by atoms with van der Waals surface area (Å²) in [4.78, 5) is 0. The van der Waals surface area contributed by atoms with Crippen molar-refractivity contribution in [2.75, 3.05) is 0 Å². The van der Waals surface area contributed by atoms with Gasteiger partial charge in [0, 0.05) is 0 Å². The van der Waals surface area contributed by atoms with Gasteiger partial charge < -0.3 is 5.48 Å². The van der Waals surface area contributed by atoms with Crippen molar-refractivity contribution >= 4 is 37.7 Å². The summed E-state index contributed by atoms with van der Waals surface area (Å²) in [5.74, 6) is 0. The molecule has 0 aliphatic heterocycles. The van der Waals surface area contributed by atoms with Crippen LogP contribution in [-0.2, 0) is 0 Å². The summed E-state index contributed by atoms with van der Waals surface area (Å²) in [6, 6.07) is 0. The molecule has 0 aromatic heterocycles. The molecular weight excluding hydrogens is 215 g/mol. The van der Waals surface area contributed by atoms with Gasteiger partial charge in [-0.05, 0) is 0 Å². The molecular formula is H2CaCeFO. The predicted octanol–water partition coefficient (Wildman–Crippen LogP) is -0.405. The van der Waals surface area contributed by atoms with Gasteiger partial charge in [-0.2, -0.15) is 0 Å². The summed E-state index contributed by atoms with van der Waals surface area (Å²) in [6.45, 7) is 0. The minimum absolute atomic E-state index is 0. The maximum atomic E-state index is 9.64.